The highest BCUT2D eigenvalue weighted by Gasteiger charge is 2.08. The van der Waals surface area contributed by atoms with Crippen LogP contribution in [-0.4, -0.2) is 5.91 Å². The predicted octanol–water partition coefficient (Wildman–Crippen LogP) is 4.28. The van der Waals surface area contributed by atoms with Gasteiger partial charge in [-0.15, -0.1) is 0 Å². The summed E-state index contributed by atoms with van der Waals surface area (Å²) in [5.74, 6) is -0.548. The van der Waals surface area contributed by atoms with Gasteiger partial charge in [-0.3, -0.25) is 4.79 Å². The van der Waals surface area contributed by atoms with Gasteiger partial charge < -0.3 is 5.32 Å². The minimum absolute atomic E-state index is 0.241. The highest BCUT2D eigenvalue weighted by molar-refractivity contribution is 9.08. The van der Waals surface area contributed by atoms with Crippen LogP contribution in [0.2, 0.25) is 0 Å². The molecule has 2 aromatic carbocycles. The summed E-state index contributed by atoms with van der Waals surface area (Å²) in [6.07, 6.45) is 0. The van der Waals surface area contributed by atoms with Crippen LogP contribution in [0, 0.1) is 12.7 Å². The number of halogens is 2. The Morgan fingerprint density at radius 2 is 1.89 bits per heavy atom. The molecular weight excluding hydrogens is 309 g/mol. The fourth-order valence-corrected chi connectivity index (χ4v) is 2.04. The van der Waals surface area contributed by atoms with Crippen molar-refractivity contribution in [1.82, 2.24) is 0 Å². The van der Waals surface area contributed by atoms with Crippen LogP contribution in [0.4, 0.5) is 10.1 Å². The number of alkyl halides is 1. The minimum atomic E-state index is -0.307. The summed E-state index contributed by atoms with van der Waals surface area (Å²) in [5.41, 5.74) is 2.76. The van der Waals surface area contributed by atoms with E-state index in [4.69, 9.17) is 0 Å². The molecule has 2 rings (SSSR count). The molecule has 0 heterocycles. The van der Waals surface area contributed by atoms with Crippen molar-refractivity contribution in [2.24, 2.45) is 0 Å². The number of hydrogen-bond acceptors (Lipinski definition) is 1. The average Bonchev–Trinajstić information content (AvgIpc) is 2.42. The number of nitrogens with one attached hydrogen (secondary N) is 1. The van der Waals surface area contributed by atoms with Crippen molar-refractivity contribution in [3.63, 3.8) is 0 Å². The smallest absolute Gasteiger partial charge is 0.255 e. The van der Waals surface area contributed by atoms with Crippen molar-refractivity contribution in [2.75, 3.05) is 5.32 Å². The summed E-state index contributed by atoms with van der Waals surface area (Å²) >= 11 is 3.36. The molecule has 2 nitrogen and oxygen atoms in total. The van der Waals surface area contributed by atoms with Crippen LogP contribution in [0.5, 0.6) is 0 Å². The zero-order valence-corrected chi connectivity index (χ0v) is 12.0. The minimum Gasteiger partial charge on any atom is -0.322 e. The number of rotatable bonds is 3. The van der Waals surface area contributed by atoms with E-state index in [2.05, 4.69) is 21.2 Å². The molecular formula is C15H13BrFNO. The zero-order chi connectivity index (χ0) is 13.8. The number of amides is 1. The Kier molecular flexibility index (Phi) is 4.32. The van der Waals surface area contributed by atoms with Crippen molar-refractivity contribution in [2.45, 2.75) is 12.3 Å². The molecule has 2 aromatic rings. The van der Waals surface area contributed by atoms with Gasteiger partial charge in [0.2, 0.25) is 0 Å². The van der Waals surface area contributed by atoms with Crippen molar-refractivity contribution >= 4 is 27.5 Å². The number of benzene rings is 2. The second-order valence-electron chi connectivity index (χ2n) is 4.25. The van der Waals surface area contributed by atoms with Crippen molar-refractivity contribution < 1.29 is 9.18 Å². The second-order valence-corrected chi connectivity index (χ2v) is 4.81. The van der Waals surface area contributed by atoms with E-state index in [1.165, 1.54) is 18.2 Å². The van der Waals surface area contributed by atoms with E-state index in [0.717, 1.165) is 16.6 Å². The van der Waals surface area contributed by atoms with Crippen LogP contribution in [0.3, 0.4) is 0 Å². The van der Waals surface area contributed by atoms with Crippen LogP contribution in [0.1, 0.15) is 21.5 Å². The molecule has 0 aliphatic rings. The van der Waals surface area contributed by atoms with Crippen molar-refractivity contribution in [3.8, 4) is 0 Å². The number of anilines is 1. The van der Waals surface area contributed by atoms with E-state index in [-0.39, 0.29) is 11.7 Å². The quantitative estimate of drug-likeness (QED) is 0.840. The first-order chi connectivity index (χ1) is 9.10. The van der Waals surface area contributed by atoms with Gasteiger partial charge in [0.05, 0.1) is 0 Å². The Morgan fingerprint density at radius 3 is 2.47 bits per heavy atom. The zero-order valence-electron chi connectivity index (χ0n) is 10.4. The molecule has 0 spiro atoms. The second kappa shape index (κ2) is 5.97. The van der Waals surface area contributed by atoms with Gasteiger partial charge in [-0.25, -0.2) is 4.39 Å². The number of hydrogen-bond donors (Lipinski definition) is 1. The van der Waals surface area contributed by atoms with Gasteiger partial charge in [0.1, 0.15) is 5.82 Å². The van der Waals surface area contributed by atoms with Crippen molar-refractivity contribution in [1.29, 1.82) is 0 Å². The monoisotopic (exact) mass is 321 g/mol. The highest BCUT2D eigenvalue weighted by Crippen LogP contribution is 2.14. The average molecular weight is 322 g/mol. The van der Waals surface area contributed by atoms with Gasteiger partial charge in [0, 0.05) is 16.6 Å². The summed E-state index contributed by atoms with van der Waals surface area (Å²) in [7, 11) is 0. The van der Waals surface area contributed by atoms with E-state index in [9.17, 15) is 9.18 Å². The van der Waals surface area contributed by atoms with E-state index in [1.807, 2.05) is 24.3 Å². The molecule has 98 valence electrons. The first-order valence-electron chi connectivity index (χ1n) is 5.82. The number of carbonyl (C=O) groups excluding carboxylic acids is 1. The predicted molar refractivity (Wildman–Crippen MR) is 78.2 cm³/mol. The molecule has 0 atom stereocenters. The number of aryl methyl sites for hydroxylation is 1. The first kappa shape index (κ1) is 13.7. The van der Waals surface area contributed by atoms with E-state index in [0.29, 0.717) is 11.1 Å². The third-order valence-corrected chi connectivity index (χ3v) is 3.43. The summed E-state index contributed by atoms with van der Waals surface area (Å²) in [6, 6.07) is 11.9. The summed E-state index contributed by atoms with van der Waals surface area (Å²) in [5, 5.41) is 3.56. The Balaban J connectivity index is 2.13. The van der Waals surface area contributed by atoms with E-state index < -0.39 is 0 Å². The Labute approximate surface area is 119 Å². The van der Waals surface area contributed by atoms with Crippen LogP contribution < -0.4 is 5.32 Å². The molecule has 0 aliphatic heterocycles. The van der Waals surface area contributed by atoms with E-state index in [1.54, 1.807) is 6.92 Å². The van der Waals surface area contributed by atoms with Crippen molar-refractivity contribution in [3.05, 3.63) is 65.0 Å². The molecule has 0 aromatic heterocycles. The van der Waals surface area contributed by atoms with Crippen LogP contribution in [-0.2, 0) is 5.33 Å². The molecule has 1 N–H and O–H groups in total. The lowest BCUT2D eigenvalue weighted by Crippen LogP contribution is -2.12. The van der Waals surface area contributed by atoms with Gasteiger partial charge in [-0.1, -0.05) is 28.1 Å². The van der Waals surface area contributed by atoms with Gasteiger partial charge in [0.15, 0.2) is 0 Å². The van der Waals surface area contributed by atoms with Gasteiger partial charge in [-0.2, -0.15) is 0 Å². The third kappa shape index (κ3) is 3.41. The van der Waals surface area contributed by atoms with Crippen LogP contribution in [0.25, 0.3) is 0 Å². The lowest BCUT2D eigenvalue weighted by molar-refractivity contribution is 0.102. The molecule has 0 saturated carbocycles. The molecule has 0 radical (unpaired) electrons. The fraction of sp³-hybridized carbons (Fsp3) is 0.133. The Bertz CT molecular complexity index is 596. The molecule has 4 heteroatoms. The number of carbonyl (C=O) groups is 1. The van der Waals surface area contributed by atoms with Gasteiger partial charge in [0.25, 0.3) is 5.91 Å². The molecule has 1 amide bonds. The maximum atomic E-state index is 13.1. The largest absolute Gasteiger partial charge is 0.322 e. The van der Waals surface area contributed by atoms with Crippen LogP contribution >= 0.6 is 15.9 Å². The Morgan fingerprint density at radius 1 is 1.21 bits per heavy atom. The molecule has 0 saturated heterocycles. The molecule has 19 heavy (non-hydrogen) atoms. The topological polar surface area (TPSA) is 29.1 Å². The first-order valence-corrected chi connectivity index (χ1v) is 6.94. The molecule has 0 fully saturated rings. The van der Waals surface area contributed by atoms with Gasteiger partial charge >= 0.3 is 0 Å². The fourth-order valence-electron chi connectivity index (χ4n) is 1.67. The Hall–Kier alpha value is -1.68. The highest BCUT2D eigenvalue weighted by atomic mass is 79.9. The maximum absolute atomic E-state index is 13.1. The lowest BCUT2D eigenvalue weighted by atomic mass is 10.1. The summed E-state index contributed by atoms with van der Waals surface area (Å²) in [6.45, 7) is 1.64. The summed E-state index contributed by atoms with van der Waals surface area (Å²) < 4.78 is 13.1. The SMILES string of the molecule is Cc1cc(C(=O)Nc2ccc(CBr)cc2)ccc1F. The third-order valence-electron chi connectivity index (χ3n) is 2.79. The lowest BCUT2D eigenvalue weighted by Gasteiger charge is -2.07. The van der Waals surface area contributed by atoms with Gasteiger partial charge in [-0.05, 0) is 48.4 Å². The standard InChI is InChI=1S/C15H13BrFNO/c1-10-8-12(4-7-14(10)17)15(19)18-13-5-2-11(9-16)3-6-13/h2-8H,9H2,1H3,(H,18,19). The maximum Gasteiger partial charge on any atom is 0.255 e. The normalized spacial score (nSPS) is 10.3. The molecule has 0 unspecified atom stereocenters. The molecule has 0 bridgehead atoms. The van der Waals surface area contributed by atoms with Crippen LogP contribution in [0.15, 0.2) is 42.5 Å². The molecule has 0 aliphatic carbocycles. The summed E-state index contributed by atoms with van der Waals surface area (Å²) in [4.78, 5) is 12.0. The van der Waals surface area contributed by atoms with E-state index >= 15 is 0 Å².